The van der Waals surface area contributed by atoms with E-state index in [0.717, 1.165) is 76.5 Å². The first-order chi connectivity index (χ1) is 20.5. The van der Waals surface area contributed by atoms with E-state index in [-0.39, 0.29) is 0 Å². The van der Waals surface area contributed by atoms with Gasteiger partial charge in [-0.3, -0.25) is 0 Å². The van der Waals surface area contributed by atoms with Gasteiger partial charge in [-0.1, -0.05) is 57.7 Å². The van der Waals surface area contributed by atoms with Crippen molar-refractivity contribution in [3.63, 3.8) is 0 Å². The van der Waals surface area contributed by atoms with Crippen LogP contribution >= 0.6 is 0 Å². The molecule has 0 bridgehead atoms. The van der Waals surface area contributed by atoms with E-state index in [1.807, 2.05) is 19.4 Å². The maximum absolute atomic E-state index is 6.30. The molecule has 0 amide bonds. The van der Waals surface area contributed by atoms with Gasteiger partial charge in [0.2, 0.25) is 0 Å². The Morgan fingerprint density at radius 1 is 1.02 bits per heavy atom. The molecule has 6 nitrogen and oxygen atoms in total. The summed E-state index contributed by atoms with van der Waals surface area (Å²) in [7, 11) is 1.89. The number of anilines is 1. The second-order valence-electron chi connectivity index (χ2n) is 11.3. The van der Waals surface area contributed by atoms with Gasteiger partial charge < -0.3 is 24.8 Å². The molecule has 5 rings (SSSR count). The highest BCUT2D eigenvalue weighted by molar-refractivity contribution is 5.85. The zero-order valence-corrected chi connectivity index (χ0v) is 25.5. The summed E-state index contributed by atoms with van der Waals surface area (Å²) in [6, 6.07) is 19.6. The summed E-state index contributed by atoms with van der Waals surface area (Å²) in [5, 5.41) is 7.74. The Morgan fingerprint density at radius 2 is 1.81 bits per heavy atom. The lowest BCUT2D eigenvalue weighted by Crippen LogP contribution is -2.32. The number of nitrogens with one attached hydrogen (secondary N) is 2. The Bertz CT molecular complexity index is 1510. The van der Waals surface area contributed by atoms with Crippen LogP contribution in [0.3, 0.4) is 0 Å². The first-order valence-electron chi connectivity index (χ1n) is 15.4. The second-order valence-corrected chi connectivity index (χ2v) is 11.3. The molecule has 1 aliphatic heterocycles. The number of hydrogen-bond acceptors (Lipinski definition) is 5. The van der Waals surface area contributed by atoms with Gasteiger partial charge in [-0.2, -0.15) is 0 Å². The quantitative estimate of drug-likeness (QED) is 0.163. The van der Waals surface area contributed by atoms with Crippen LogP contribution in [0.4, 0.5) is 5.82 Å². The summed E-state index contributed by atoms with van der Waals surface area (Å²) in [6.45, 7) is 17.1. The molecular weight excluding hydrogens is 518 g/mol. The van der Waals surface area contributed by atoms with E-state index in [9.17, 15) is 0 Å². The molecule has 0 aliphatic carbocycles. The van der Waals surface area contributed by atoms with Crippen molar-refractivity contribution < 1.29 is 4.74 Å². The molecule has 2 aromatic carbocycles. The van der Waals surface area contributed by atoms with Crippen molar-refractivity contribution >= 4 is 28.2 Å². The molecule has 0 radical (unpaired) electrons. The number of hydrogen-bond donors (Lipinski definition) is 2. The molecule has 1 saturated heterocycles. The molecule has 2 aromatic heterocycles. The number of nitrogens with zero attached hydrogens (tertiary/aromatic N) is 3. The van der Waals surface area contributed by atoms with Crippen molar-refractivity contribution in [1.82, 2.24) is 19.8 Å². The predicted octanol–water partition coefficient (Wildman–Crippen LogP) is 7.74. The van der Waals surface area contributed by atoms with Crippen molar-refractivity contribution in [1.29, 1.82) is 0 Å². The third-order valence-electron chi connectivity index (χ3n) is 8.47. The van der Waals surface area contributed by atoms with Gasteiger partial charge in [0.1, 0.15) is 17.4 Å². The van der Waals surface area contributed by atoms with Gasteiger partial charge in [-0.15, -0.1) is 0 Å². The topological polar surface area (TPSA) is 54.4 Å². The summed E-state index contributed by atoms with van der Waals surface area (Å²) >= 11 is 0. The number of rotatable bonds is 13. The van der Waals surface area contributed by atoms with E-state index < -0.39 is 0 Å². The number of ether oxygens (including phenoxy) is 1. The van der Waals surface area contributed by atoms with E-state index in [2.05, 4.69) is 107 Å². The van der Waals surface area contributed by atoms with Crippen LogP contribution in [-0.4, -0.2) is 47.7 Å². The zero-order chi connectivity index (χ0) is 29.5. The maximum Gasteiger partial charge on any atom is 0.130 e. The van der Waals surface area contributed by atoms with Gasteiger partial charge in [-0.05, 0) is 91.3 Å². The van der Waals surface area contributed by atoms with Crippen molar-refractivity contribution in [2.45, 2.75) is 51.9 Å². The second kappa shape index (κ2) is 13.8. The molecule has 6 heteroatoms. The highest BCUT2D eigenvalue weighted by atomic mass is 16.5. The first kappa shape index (κ1) is 29.5. The summed E-state index contributed by atoms with van der Waals surface area (Å²) in [6.07, 6.45) is 9.23. The lowest BCUT2D eigenvalue weighted by molar-refractivity contribution is 0.222. The lowest BCUT2D eigenvalue weighted by Gasteiger charge is -2.31. The van der Waals surface area contributed by atoms with Gasteiger partial charge in [0, 0.05) is 43.0 Å². The molecule has 1 aliphatic rings. The normalized spacial score (nSPS) is 14.2. The number of unbranched alkanes of at least 4 members (excludes halogenated alkanes) is 1. The smallest absolute Gasteiger partial charge is 0.130 e. The van der Waals surface area contributed by atoms with Crippen LogP contribution in [0.25, 0.3) is 22.4 Å². The van der Waals surface area contributed by atoms with Crippen LogP contribution in [0, 0.1) is 0 Å². The van der Waals surface area contributed by atoms with Crippen LogP contribution in [0.15, 0.2) is 80.1 Å². The third-order valence-corrected chi connectivity index (χ3v) is 8.47. The summed E-state index contributed by atoms with van der Waals surface area (Å²) in [4.78, 5) is 7.13. The summed E-state index contributed by atoms with van der Waals surface area (Å²) < 4.78 is 8.36. The Balaban J connectivity index is 1.29. The standard InChI is InChI=1S/C36H45N5O/c1-6-8-21-42-35-25-34-32(16-20-41(34)27(4)37-5)24-33(35)22-28-13-17-38-36(23-28)39-26(3)29-9-11-30(12-10-29)31-14-18-40(7-2)19-15-31/h9-13,16-17,20,23-25,31,37H,3-4,6-8,14-15,18-19,21-22H2,1-2,5H3,(H,38,39). The molecule has 220 valence electrons. The highest BCUT2D eigenvalue weighted by Crippen LogP contribution is 2.31. The number of piperidine rings is 1. The highest BCUT2D eigenvalue weighted by Gasteiger charge is 2.19. The van der Waals surface area contributed by atoms with E-state index in [1.165, 1.54) is 31.5 Å². The molecular formula is C36H45N5O. The van der Waals surface area contributed by atoms with E-state index in [4.69, 9.17) is 4.74 Å². The van der Waals surface area contributed by atoms with E-state index >= 15 is 0 Å². The van der Waals surface area contributed by atoms with Crippen molar-refractivity contribution in [2.75, 3.05) is 38.6 Å². The van der Waals surface area contributed by atoms with E-state index in [0.29, 0.717) is 12.5 Å². The molecule has 2 N–H and O–H groups in total. The van der Waals surface area contributed by atoms with Crippen LogP contribution < -0.4 is 15.4 Å². The fraction of sp³-hybridized carbons (Fsp3) is 0.361. The molecule has 3 heterocycles. The van der Waals surface area contributed by atoms with Crippen LogP contribution in [0.2, 0.25) is 0 Å². The largest absolute Gasteiger partial charge is 0.493 e. The SMILES string of the molecule is C=C(Nc1cc(Cc2cc3ccn(C(=C)NC)c3cc2OCCCC)ccn1)c1ccc(C2CCN(CC)CC2)cc1. The summed E-state index contributed by atoms with van der Waals surface area (Å²) in [5.41, 5.74) is 6.76. The van der Waals surface area contributed by atoms with Crippen molar-refractivity contribution in [3.8, 4) is 5.75 Å². The van der Waals surface area contributed by atoms with Crippen molar-refractivity contribution in [2.24, 2.45) is 0 Å². The Kier molecular flexibility index (Phi) is 9.65. The molecule has 0 spiro atoms. The third kappa shape index (κ3) is 6.88. The predicted molar refractivity (Wildman–Crippen MR) is 177 cm³/mol. The Morgan fingerprint density at radius 3 is 2.52 bits per heavy atom. The average Bonchev–Trinajstić information content (AvgIpc) is 3.43. The molecule has 0 unspecified atom stereocenters. The summed E-state index contributed by atoms with van der Waals surface area (Å²) in [5.74, 6) is 3.18. The fourth-order valence-corrected chi connectivity index (χ4v) is 5.80. The molecule has 4 aromatic rings. The van der Waals surface area contributed by atoms with Crippen molar-refractivity contribution in [3.05, 3.63) is 102 Å². The minimum atomic E-state index is 0.650. The van der Waals surface area contributed by atoms with Gasteiger partial charge in [0.05, 0.1) is 12.1 Å². The van der Waals surface area contributed by atoms with Crippen LogP contribution in [-0.2, 0) is 6.42 Å². The first-order valence-corrected chi connectivity index (χ1v) is 15.4. The monoisotopic (exact) mass is 563 g/mol. The molecule has 1 fully saturated rings. The number of benzene rings is 2. The van der Waals surface area contributed by atoms with Gasteiger partial charge in [0.15, 0.2) is 0 Å². The van der Waals surface area contributed by atoms with Gasteiger partial charge in [-0.25, -0.2) is 4.98 Å². The number of likely N-dealkylation sites (tertiary alicyclic amines) is 1. The minimum Gasteiger partial charge on any atom is -0.493 e. The fourth-order valence-electron chi connectivity index (χ4n) is 5.80. The number of pyridine rings is 1. The van der Waals surface area contributed by atoms with Crippen LogP contribution in [0.1, 0.15) is 67.7 Å². The Labute approximate surface area is 251 Å². The van der Waals surface area contributed by atoms with Gasteiger partial charge in [0.25, 0.3) is 0 Å². The number of aromatic nitrogens is 2. The Hall–Kier alpha value is -4.03. The van der Waals surface area contributed by atoms with Gasteiger partial charge >= 0.3 is 0 Å². The molecule has 42 heavy (non-hydrogen) atoms. The molecule has 0 atom stereocenters. The maximum atomic E-state index is 6.30. The van der Waals surface area contributed by atoms with Crippen LogP contribution in [0.5, 0.6) is 5.75 Å². The number of fused-ring (bicyclic) bond motifs is 1. The lowest BCUT2D eigenvalue weighted by atomic mass is 9.89. The zero-order valence-electron chi connectivity index (χ0n) is 25.5. The minimum absolute atomic E-state index is 0.650. The van der Waals surface area contributed by atoms with E-state index in [1.54, 1.807) is 0 Å². The molecule has 0 saturated carbocycles. The average molecular weight is 564 g/mol.